The molecule has 0 spiro atoms. The van der Waals surface area contributed by atoms with Gasteiger partial charge in [-0.3, -0.25) is 4.99 Å². The van der Waals surface area contributed by atoms with Crippen LogP contribution in [0.15, 0.2) is 4.99 Å². The molecule has 1 heterocycles. The Hall–Kier alpha value is -0.770. The van der Waals surface area contributed by atoms with Crippen molar-refractivity contribution in [3.63, 3.8) is 0 Å². The average Bonchev–Trinajstić information content (AvgIpc) is 2.88. The summed E-state index contributed by atoms with van der Waals surface area (Å²) in [5.41, 5.74) is 0.403. The Morgan fingerprint density at radius 2 is 2.10 bits per heavy atom. The summed E-state index contributed by atoms with van der Waals surface area (Å²) in [5.74, 6) is 1.71. The molecular formula is C17H36N4. The van der Waals surface area contributed by atoms with Gasteiger partial charge in [0.15, 0.2) is 5.96 Å². The molecule has 4 heteroatoms. The number of nitrogens with zero attached hydrogens (tertiary/aromatic N) is 2. The van der Waals surface area contributed by atoms with Crippen LogP contribution in [0.25, 0.3) is 0 Å². The van der Waals surface area contributed by atoms with E-state index in [0.717, 1.165) is 18.4 Å². The lowest BCUT2D eigenvalue weighted by atomic mass is 9.89. The molecular weight excluding hydrogens is 260 g/mol. The molecule has 4 nitrogen and oxygen atoms in total. The van der Waals surface area contributed by atoms with E-state index in [0.29, 0.717) is 11.5 Å². The lowest BCUT2D eigenvalue weighted by Gasteiger charge is -2.23. The third-order valence-electron chi connectivity index (χ3n) is 4.31. The maximum absolute atomic E-state index is 4.35. The molecule has 0 aliphatic carbocycles. The molecule has 0 amide bonds. The molecule has 0 bridgehead atoms. The van der Waals surface area contributed by atoms with Gasteiger partial charge in [0.25, 0.3) is 0 Å². The number of guanidine groups is 1. The van der Waals surface area contributed by atoms with E-state index in [1.54, 1.807) is 0 Å². The summed E-state index contributed by atoms with van der Waals surface area (Å²) < 4.78 is 0. The summed E-state index contributed by atoms with van der Waals surface area (Å²) in [7, 11) is 1.86. The summed E-state index contributed by atoms with van der Waals surface area (Å²) in [5, 5.41) is 7.01. The maximum atomic E-state index is 4.35. The third kappa shape index (κ3) is 7.70. The number of aliphatic imine (C=N–C) groups is 1. The van der Waals surface area contributed by atoms with Crippen LogP contribution in [0.3, 0.4) is 0 Å². The highest BCUT2D eigenvalue weighted by molar-refractivity contribution is 5.79. The second-order valence-corrected chi connectivity index (χ2v) is 7.65. The molecule has 0 aromatic heterocycles. The number of rotatable bonds is 6. The van der Waals surface area contributed by atoms with E-state index in [1.165, 1.54) is 38.9 Å². The molecule has 21 heavy (non-hydrogen) atoms. The van der Waals surface area contributed by atoms with Crippen LogP contribution in [0.4, 0.5) is 0 Å². The predicted octanol–water partition coefficient (Wildman–Crippen LogP) is 2.71. The molecule has 1 fully saturated rings. The van der Waals surface area contributed by atoms with Gasteiger partial charge in [-0.25, -0.2) is 0 Å². The first-order chi connectivity index (χ1) is 9.84. The quantitative estimate of drug-likeness (QED) is 0.585. The van der Waals surface area contributed by atoms with Crippen molar-refractivity contribution in [1.29, 1.82) is 0 Å². The Balaban J connectivity index is 2.26. The zero-order valence-corrected chi connectivity index (χ0v) is 15.0. The van der Waals surface area contributed by atoms with E-state index in [9.17, 15) is 0 Å². The van der Waals surface area contributed by atoms with Crippen molar-refractivity contribution >= 4 is 5.96 Å². The van der Waals surface area contributed by atoms with Crippen LogP contribution in [0.2, 0.25) is 0 Å². The molecule has 0 radical (unpaired) electrons. The second-order valence-electron chi connectivity index (χ2n) is 7.65. The first kappa shape index (κ1) is 18.3. The molecule has 124 valence electrons. The standard InChI is InChI=1S/C17H36N4/c1-7-21-11-9-15(13-21)12-19-16(18-6)20-14(2)8-10-17(3,4)5/h14-15H,7-13H2,1-6H3,(H2,18,19,20). The summed E-state index contributed by atoms with van der Waals surface area (Å²) in [4.78, 5) is 6.88. The summed E-state index contributed by atoms with van der Waals surface area (Å²) in [6.45, 7) is 16.1. The van der Waals surface area contributed by atoms with Crippen LogP contribution in [-0.2, 0) is 0 Å². The number of likely N-dealkylation sites (tertiary alicyclic amines) is 1. The fourth-order valence-electron chi connectivity index (χ4n) is 2.76. The Bertz CT molecular complexity index is 319. The molecule has 2 N–H and O–H groups in total. The summed E-state index contributed by atoms with van der Waals surface area (Å²) in [6.07, 6.45) is 3.71. The smallest absolute Gasteiger partial charge is 0.191 e. The molecule has 2 atom stereocenters. The summed E-state index contributed by atoms with van der Waals surface area (Å²) >= 11 is 0. The van der Waals surface area contributed by atoms with Crippen molar-refractivity contribution in [3.05, 3.63) is 0 Å². The lowest BCUT2D eigenvalue weighted by molar-refractivity contribution is 0.340. The summed E-state index contributed by atoms with van der Waals surface area (Å²) in [6, 6.07) is 0.464. The van der Waals surface area contributed by atoms with Crippen LogP contribution in [-0.4, -0.2) is 50.1 Å². The van der Waals surface area contributed by atoms with Crippen molar-refractivity contribution in [2.45, 2.75) is 59.9 Å². The Morgan fingerprint density at radius 1 is 1.38 bits per heavy atom. The molecule has 1 saturated heterocycles. The maximum Gasteiger partial charge on any atom is 0.191 e. The van der Waals surface area contributed by atoms with E-state index in [1.807, 2.05) is 7.05 Å². The van der Waals surface area contributed by atoms with E-state index >= 15 is 0 Å². The van der Waals surface area contributed by atoms with Crippen molar-refractivity contribution in [2.24, 2.45) is 16.3 Å². The largest absolute Gasteiger partial charge is 0.356 e. The van der Waals surface area contributed by atoms with Gasteiger partial charge in [-0.1, -0.05) is 27.7 Å². The van der Waals surface area contributed by atoms with E-state index < -0.39 is 0 Å². The minimum atomic E-state index is 0.403. The number of nitrogens with one attached hydrogen (secondary N) is 2. The minimum absolute atomic E-state index is 0.403. The first-order valence-corrected chi connectivity index (χ1v) is 8.53. The van der Waals surface area contributed by atoms with Gasteiger partial charge in [0.2, 0.25) is 0 Å². The lowest BCUT2D eigenvalue weighted by Crippen LogP contribution is -2.44. The molecule has 0 aromatic rings. The van der Waals surface area contributed by atoms with E-state index in [-0.39, 0.29) is 0 Å². The minimum Gasteiger partial charge on any atom is -0.356 e. The van der Waals surface area contributed by atoms with Crippen molar-refractivity contribution in [1.82, 2.24) is 15.5 Å². The van der Waals surface area contributed by atoms with Crippen LogP contribution < -0.4 is 10.6 Å². The number of hydrogen-bond donors (Lipinski definition) is 2. The van der Waals surface area contributed by atoms with Crippen LogP contribution >= 0.6 is 0 Å². The second kappa shape index (κ2) is 8.62. The van der Waals surface area contributed by atoms with Gasteiger partial charge in [0, 0.05) is 26.2 Å². The highest BCUT2D eigenvalue weighted by Crippen LogP contribution is 2.21. The van der Waals surface area contributed by atoms with Crippen molar-refractivity contribution < 1.29 is 0 Å². The predicted molar refractivity (Wildman–Crippen MR) is 92.9 cm³/mol. The van der Waals surface area contributed by atoms with Gasteiger partial charge in [-0.2, -0.15) is 0 Å². The van der Waals surface area contributed by atoms with Crippen molar-refractivity contribution in [2.75, 3.05) is 33.2 Å². The SMILES string of the molecule is CCN1CCC(CNC(=NC)NC(C)CCC(C)(C)C)C1. The van der Waals surface area contributed by atoms with Gasteiger partial charge < -0.3 is 15.5 Å². The topological polar surface area (TPSA) is 39.7 Å². The Morgan fingerprint density at radius 3 is 2.62 bits per heavy atom. The fourth-order valence-corrected chi connectivity index (χ4v) is 2.76. The molecule has 0 saturated carbocycles. The molecule has 1 aliphatic rings. The molecule has 1 rings (SSSR count). The van der Waals surface area contributed by atoms with E-state index in [2.05, 4.69) is 55.1 Å². The van der Waals surface area contributed by atoms with E-state index in [4.69, 9.17) is 0 Å². The van der Waals surface area contributed by atoms with Gasteiger partial charge in [-0.05, 0) is 50.6 Å². The number of hydrogen-bond acceptors (Lipinski definition) is 2. The zero-order chi connectivity index (χ0) is 15.9. The monoisotopic (exact) mass is 296 g/mol. The van der Waals surface area contributed by atoms with Gasteiger partial charge in [0.1, 0.15) is 0 Å². The highest BCUT2D eigenvalue weighted by atomic mass is 15.2. The molecule has 1 aliphatic heterocycles. The molecule has 2 unspecified atom stereocenters. The van der Waals surface area contributed by atoms with Crippen LogP contribution in [0.1, 0.15) is 53.9 Å². The zero-order valence-electron chi connectivity index (χ0n) is 15.0. The Kier molecular flexibility index (Phi) is 7.50. The molecule has 0 aromatic carbocycles. The Labute approximate surface area is 131 Å². The van der Waals surface area contributed by atoms with Gasteiger partial charge in [0.05, 0.1) is 0 Å². The third-order valence-corrected chi connectivity index (χ3v) is 4.31. The van der Waals surface area contributed by atoms with Crippen LogP contribution in [0.5, 0.6) is 0 Å². The van der Waals surface area contributed by atoms with Gasteiger partial charge in [-0.15, -0.1) is 0 Å². The van der Waals surface area contributed by atoms with Crippen molar-refractivity contribution in [3.8, 4) is 0 Å². The average molecular weight is 297 g/mol. The highest BCUT2D eigenvalue weighted by Gasteiger charge is 2.21. The normalized spacial score (nSPS) is 22.4. The van der Waals surface area contributed by atoms with Gasteiger partial charge >= 0.3 is 0 Å². The fraction of sp³-hybridized carbons (Fsp3) is 0.941. The van der Waals surface area contributed by atoms with Crippen LogP contribution in [0, 0.1) is 11.3 Å². The first-order valence-electron chi connectivity index (χ1n) is 8.53.